The molecule has 0 fully saturated rings. The molecule has 0 aromatic heterocycles. The van der Waals surface area contributed by atoms with E-state index in [4.69, 9.17) is 9.57 Å². The van der Waals surface area contributed by atoms with Gasteiger partial charge in [0.25, 0.3) is 0 Å². The zero-order valence-electron chi connectivity index (χ0n) is 12.5. The molecule has 2 rings (SSSR count). The van der Waals surface area contributed by atoms with E-state index in [2.05, 4.69) is 44.5 Å². The van der Waals surface area contributed by atoms with Crippen LogP contribution in [0.5, 0.6) is 5.75 Å². The third-order valence-corrected chi connectivity index (χ3v) is 3.61. The summed E-state index contributed by atoms with van der Waals surface area (Å²) in [5.41, 5.74) is 5.54. The molecule has 3 nitrogen and oxygen atoms in total. The third kappa shape index (κ3) is 3.48. The fourth-order valence-electron chi connectivity index (χ4n) is 2.69. The number of nitrogens with one attached hydrogen (secondary N) is 1. The monoisotopic (exact) mass is 263 g/mol. The number of ether oxygens (including phenoxy) is 1. The first kappa shape index (κ1) is 14.4. The largest absolute Gasteiger partial charge is 0.487 e. The summed E-state index contributed by atoms with van der Waals surface area (Å²) >= 11 is 0. The molecule has 1 unspecified atom stereocenters. The first-order chi connectivity index (χ1) is 9.05. The number of benzene rings is 1. The van der Waals surface area contributed by atoms with Crippen LogP contribution in [0.25, 0.3) is 0 Å². The highest BCUT2D eigenvalue weighted by molar-refractivity contribution is 5.41. The number of hydrogen-bond donors (Lipinski definition) is 1. The molecule has 1 aromatic carbocycles. The maximum Gasteiger partial charge on any atom is 0.124 e. The molecule has 19 heavy (non-hydrogen) atoms. The van der Waals surface area contributed by atoms with E-state index in [9.17, 15) is 0 Å². The minimum Gasteiger partial charge on any atom is -0.487 e. The van der Waals surface area contributed by atoms with Crippen LogP contribution in [-0.2, 0) is 11.3 Å². The standard InChI is InChI=1S/C16H25NO2/c1-5-6-7-12-8-9-15-13(10-12)14(17-18-4)11-16(2,3)19-15/h8-10,14,17H,5-7,11H2,1-4H3. The van der Waals surface area contributed by atoms with Crippen molar-refractivity contribution in [2.45, 2.75) is 58.1 Å². The van der Waals surface area contributed by atoms with Gasteiger partial charge in [0.1, 0.15) is 11.4 Å². The van der Waals surface area contributed by atoms with E-state index in [1.807, 2.05) is 0 Å². The van der Waals surface area contributed by atoms with E-state index in [1.54, 1.807) is 7.11 Å². The summed E-state index contributed by atoms with van der Waals surface area (Å²) in [4.78, 5) is 5.15. The number of hydrogen-bond acceptors (Lipinski definition) is 3. The van der Waals surface area contributed by atoms with Gasteiger partial charge >= 0.3 is 0 Å². The van der Waals surface area contributed by atoms with Gasteiger partial charge in [0.2, 0.25) is 0 Å². The average molecular weight is 263 g/mol. The van der Waals surface area contributed by atoms with Gasteiger partial charge in [-0.25, -0.2) is 0 Å². The molecule has 0 saturated carbocycles. The normalized spacial score (nSPS) is 20.7. The Morgan fingerprint density at radius 3 is 2.89 bits per heavy atom. The van der Waals surface area contributed by atoms with Gasteiger partial charge in [0.05, 0.1) is 13.2 Å². The molecule has 1 aliphatic heterocycles. The lowest BCUT2D eigenvalue weighted by molar-refractivity contribution is 0.00294. The number of rotatable bonds is 5. The number of unbranched alkanes of at least 4 members (excludes halogenated alkanes) is 1. The van der Waals surface area contributed by atoms with Gasteiger partial charge in [0, 0.05) is 12.0 Å². The van der Waals surface area contributed by atoms with Crippen LogP contribution in [0.15, 0.2) is 18.2 Å². The molecule has 0 spiro atoms. The molecule has 106 valence electrons. The van der Waals surface area contributed by atoms with Crippen LogP contribution in [0.1, 0.15) is 57.2 Å². The number of aryl methyl sites for hydroxylation is 1. The first-order valence-electron chi connectivity index (χ1n) is 7.16. The van der Waals surface area contributed by atoms with Crippen LogP contribution in [0, 0.1) is 0 Å². The van der Waals surface area contributed by atoms with Crippen molar-refractivity contribution in [1.82, 2.24) is 5.48 Å². The van der Waals surface area contributed by atoms with Crippen LogP contribution in [0.4, 0.5) is 0 Å². The lowest BCUT2D eigenvalue weighted by Gasteiger charge is -2.37. The molecule has 0 saturated heterocycles. The van der Waals surface area contributed by atoms with Crippen molar-refractivity contribution in [2.75, 3.05) is 7.11 Å². The van der Waals surface area contributed by atoms with Gasteiger partial charge in [-0.1, -0.05) is 25.5 Å². The second-order valence-corrected chi connectivity index (χ2v) is 5.92. The molecule has 1 N–H and O–H groups in total. The molecule has 0 bridgehead atoms. The Labute approximate surface area is 116 Å². The Hall–Kier alpha value is -1.06. The summed E-state index contributed by atoms with van der Waals surface area (Å²) in [5, 5.41) is 0. The highest BCUT2D eigenvalue weighted by Gasteiger charge is 2.33. The predicted molar refractivity (Wildman–Crippen MR) is 77.3 cm³/mol. The Bertz CT molecular complexity index is 429. The fourth-order valence-corrected chi connectivity index (χ4v) is 2.69. The molecular formula is C16H25NO2. The summed E-state index contributed by atoms with van der Waals surface area (Å²) in [5.74, 6) is 0.978. The van der Waals surface area contributed by atoms with Crippen molar-refractivity contribution in [3.63, 3.8) is 0 Å². The lowest BCUT2D eigenvalue weighted by Crippen LogP contribution is -2.39. The topological polar surface area (TPSA) is 30.5 Å². The van der Waals surface area contributed by atoms with Crippen molar-refractivity contribution >= 4 is 0 Å². The van der Waals surface area contributed by atoms with Gasteiger partial charge in [-0.05, 0) is 38.3 Å². The summed E-state index contributed by atoms with van der Waals surface area (Å²) in [7, 11) is 1.67. The highest BCUT2D eigenvalue weighted by Crippen LogP contribution is 2.39. The molecule has 0 amide bonds. The Kier molecular flexibility index (Phi) is 4.48. The van der Waals surface area contributed by atoms with Crippen LogP contribution >= 0.6 is 0 Å². The van der Waals surface area contributed by atoms with Gasteiger partial charge in [-0.3, -0.25) is 0 Å². The molecule has 1 atom stereocenters. The SMILES string of the molecule is CCCCc1ccc2c(c1)C(NOC)CC(C)(C)O2. The minimum absolute atomic E-state index is 0.159. The smallest absolute Gasteiger partial charge is 0.124 e. The lowest BCUT2D eigenvalue weighted by atomic mass is 9.89. The quantitative estimate of drug-likeness (QED) is 0.820. The van der Waals surface area contributed by atoms with Crippen LogP contribution in [-0.4, -0.2) is 12.7 Å². The number of fused-ring (bicyclic) bond motifs is 1. The predicted octanol–water partition coefficient (Wildman–Crippen LogP) is 3.78. The molecule has 1 aliphatic rings. The Morgan fingerprint density at radius 2 is 2.21 bits per heavy atom. The molecule has 0 radical (unpaired) electrons. The Morgan fingerprint density at radius 1 is 1.42 bits per heavy atom. The van der Waals surface area contributed by atoms with Crippen molar-refractivity contribution in [3.05, 3.63) is 29.3 Å². The van der Waals surface area contributed by atoms with Gasteiger partial charge in [0.15, 0.2) is 0 Å². The molecular weight excluding hydrogens is 238 g/mol. The highest BCUT2D eigenvalue weighted by atomic mass is 16.6. The summed E-state index contributed by atoms with van der Waals surface area (Å²) in [6, 6.07) is 6.74. The fraction of sp³-hybridized carbons (Fsp3) is 0.625. The molecule has 1 heterocycles. The summed E-state index contributed by atoms with van der Waals surface area (Å²) in [6.07, 6.45) is 4.49. The zero-order chi connectivity index (χ0) is 13.9. The molecule has 0 aliphatic carbocycles. The second-order valence-electron chi connectivity index (χ2n) is 5.92. The molecule has 1 aromatic rings. The van der Waals surface area contributed by atoms with Gasteiger partial charge < -0.3 is 9.57 Å². The first-order valence-corrected chi connectivity index (χ1v) is 7.16. The maximum absolute atomic E-state index is 6.06. The van der Waals surface area contributed by atoms with E-state index in [0.717, 1.165) is 18.6 Å². The van der Waals surface area contributed by atoms with Crippen LogP contribution in [0.3, 0.4) is 0 Å². The van der Waals surface area contributed by atoms with Crippen molar-refractivity contribution in [2.24, 2.45) is 0 Å². The van der Waals surface area contributed by atoms with E-state index in [1.165, 1.54) is 24.0 Å². The van der Waals surface area contributed by atoms with Crippen molar-refractivity contribution in [1.29, 1.82) is 0 Å². The minimum atomic E-state index is -0.159. The van der Waals surface area contributed by atoms with E-state index < -0.39 is 0 Å². The van der Waals surface area contributed by atoms with E-state index >= 15 is 0 Å². The van der Waals surface area contributed by atoms with Crippen molar-refractivity contribution in [3.8, 4) is 5.75 Å². The van der Waals surface area contributed by atoms with E-state index in [0.29, 0.717) is 0 Å². The summed E-state index contributed by atoms with van der Waals surface area (Å²) in [6.45, 7) is 6.45. The van der Waals surface area contributed by atoms with Gasteiger partial charge in [-0.2, -0.15) is 5.48 Å². The van der Waals surface area contributed by atoms with Crippen LogP contribution < -0.4 is 10.2 Å². The van der Waals surface area contributed by atoms with Gasteiger partial charge in [-0.15, -0.1) is 0 Å². The second kappa shape index (κ2) is 5.93. The van der Waals surface area contributed by atoms with E-state index in [-0.39, 0.29) is 11.6 Å². The average Bonchev–Trinajstić information content (AvgIpc) is 2.36. The van der Waals surface area contributed by atoms with Crippen molar-refractivity contribution < 1.29 is 9.57 Å². The number of hydroxylamine groups is 1. The van der Waals surface area contributed by atoms with Crippen LogP contribution in [0.2, 0.25) is 0 Å². The zero-order valence-corrected chi connectivity index (χ0v) is 12.5. The molecule has 3 heteroatoms. The Balaban J connectivity index is 2.27. The maximum atomic E-state index is 6.06. The third-order valence-electron chi connectivity index (χ3n) is 3.61. The summed E-state index contributed by atoms with van der Waals surface area (Å²) < 4.78 is 6.06.